The SMILES string of the molecule is C=CC(=O)Oc1ccc2cc(N(c3ccccc3)c3ccc(-c4ccc(N(c5ccccc5)c5ccc6cc(OC(=O)C=C)ccc6c5)c(C)c4)cc3C)ccc2c1. The van der Waals surface area contributed by atoms with Crippen molar-refractivity contribution in [3.8, 4) is 22.6 Å². The first kappa shape index (κ1) is 37.2. The van der Waals surface area contributed by atoms with E-state index >= 15 is 0 Å². The molecule has 0 amide bonds. The Hall–Kier alpha value is -7.70. The van der Waals surface area contributed by atoms with Gasteiger partial charge in [0.05, 0.1) is 0 Å². The summed E-state index contributed by atoms with van der Waals surface area (Å²) in [6, 6.07) is 57.8. The van der Waals surface area contributed by atoms with Gasteiger partial charge in [-0.3, -0.25) is 0 Å². The van der Waals surface area contributed by atoms with Gasteiger partial charge in [0.15, 0.2) is 0 Å². The Morgan fingerprint density at radius 2 is 0.810 bits per heavy atom. The second-order valence-electron chi connectivity index (χ2n) is 14.0. The highest BCUT2D eigenvalue weighted by Crippen LogP contribution is 2.42. The van der Waals surface area contributed by atoms with Crippen LogP contribution in [0.25, 0.3) is 32.7 Å². The Balaban J connectivity index is 1.13. The molecule has 0 aliphatic heterocycles. The van der Waals surface area contributed by atoms with Gasteiger partial charge in [-0.05, 0) is 155 Å². The fraction of sp³-hybridized carbons (Fsp3) is 0.0385. The van der Waals surface area contributed by atoms with E-state index in [9.17, 15) is 9.59 Å². The molecule has 0 heterocycles. The van der Waals surface area contributed by atoms with Crippen LogP contribution in [0.1, 0.15) is 11.1 Å². The molecule has 8 rings (SSSR count). The fourth-order valence-corrected chi connectivity index (χ4v) is 7.32. The molecule has 0 radical (unpaired) electrons. The number of fused-ring (bicyclic) bond motifs is 2. The number of esters is 2. The van der Waals surface area contributed by atoms with Gasteiger partial charge in [-0.1, -0.05) is 86.0 Å². The number of carbonyl (C=O) groups excluding carboxylic acids is 2. The van der Waals surface area contributed by atoms with Crippen molar-refractivity contribution in [2.45, 2.75) is 13.8 Å². The van der Waals surface area contributed by atoms with Crippen LogP contribution >= 0.6 is 0 Å². The minimum atomic E-state index is -0.487. The molecule has 6 heteroatoms. The second-order valence-corrected chi connectivity index (χ2v) is 14.0. The Morgan fingerprint density at radius 1 is 0.431 bits per heavy atom. The van der Waals surface area contributed by atoms with Gasteiger partial charge in [0.1, 0.15) is 11.5 Å². The molecule has 0 saturated heterocycles. The largest absolute Gasteiger partial charge is 0.423 e. The Kier molecular flexibility index (Phi) is 10.4. The zero-order valence-corrected chi connectivity index (χ0v) is 32.3. The van der Waals surface area contributed by atoms with Crippen molar-refractivity contribution in [1.82, 2.24) is 0 Å². The molecule has 0 bridgehead atoms. The predicted octanol–water partition coefficient (Wildman–Crippen LogP) is 13.4. The third-order valence-corrected chi connectivity index (χ3v) is 10.1. The van der Waals surface area contributed by atoms with Crippen molar-refractivity contribution >= 4 is 67.6 Å². The molecule has 0 aliphatic rings. The number of benzene rings is 8. The number of ether oxygens (including phenoxy) is 2. The maximum Gasteiger partial charge on any atom is 0.335 e. The topological polar surface area (TPSA) is 59.1 Å². The fourth-order valence-electron chi connectivity index (χ4n) is 7.32. The molecule has 0 N–H and O–H groups in total. The van der Waals surface area contributed by atoms with Gasteiger partial charge < -0.3 is 19.3 Å². The quantitative estimate of drug-likeness (QED) is 0.0744. The van der Waals surface area contributed by atoms with Gasteiger partial charge >= 0.3 is 11.9 Å². The smallest absolute Gasteiger partial charge is 0.335 e. The summed E-state index contributed by atoms with van der Waals surface area (Å²) in [4.78, 5) is 28.1. The van der Waals surface area contributed by atoms with Crippen molar-refractivity contribution in [3.05, 3.63) is 206 Å². The lowest BCUT2D eigenvalue weighted by Gasteiger charge is -2.28. The summed E-state index contributed by atoms with van der Waals surface area (Å²) in [6.45, 7) is 11.3. The molecule has 0 saturated carbocycles. The number of carbonyl (C=O) groups is 2. The third-order valence-electron chi connectivity index (χ3n) is 10.1. The standard InChI is InChI=1S/C52H40N2O4/c1-5-51(55)57-47-25-19-39-31-45(23-17-41(39)33-47)53(43-13-9-7-10-14-43)49-27-21-37(29-35(49)3)38-22-28-50(36(4)30-38)54(44-15-11-8-12-16-44)46-24-18-42-34-48(58-52(56)6-2)26-20-40(42)32-46/h5-34H,1-2H2,3-4H3. The van der Waals surface area contributed by atoms with Crippen molar-refractivity contribution in [3.63, 3.8) is 0 Å². The maximum atomic E-state index is 11.8. The van der Waals surface area contributed by atoms with E-state index in [4.69, 9.17) is 9.47 Å². The number of nitrogens with zero attached hydrogens (tertiary/aromatic N) is 2. The Labute approximate surface area is 338 Å². The van der Waals surface area contributed by atoms with E-state index in [2.05, 4.69) is 134 Å². The monoisotopic (exact) mass is 756 g/mol. The molecule has 58 heavy (non-hydrogen) atoms. The number of para-hydroxylation sites is 2. The first-order chi connectivity index (χ1) is 28.3. The summed E-state index contributed by atoms with van der Waals surface area (Å²) in [5.74, 6) is -0.0186. The normalized spacial score (nSPS) is 10.9. The molecular formula is C52H40N2O4. The van der Waals surface area contributed by atoms with E-state index in [0.717, 1.165) is 90.1 Å². The van der Waals surface area contributed by atoms with E-state index in [1.54, 1.807) is 12.1 Å². The van der Waals surface area contributed by atoms with Crippen molar-refractivity contribution in [2.24, 2.45) is 0 Å². The molecule has 0 spiro atoms. The highest BCUT2D eigenvalue weighted by Gasteiger charge is 2.19. The van der Waals surface area contributed by atoms with Crippen LogP contribution in [0.2, 0.25) is 0 Å². The number of aryl methyl sites for hydroxylation is 2. The van der Waals surface area contributed by atoms with Crippen LogP contribution in [-0.4, -0.2) is 11.9 Å². The number of hydrogen-bond acceptors (Lipinski definition) is 6. The minimum Gasteiger partial charge on any atom is -0.423 e. The van der Waals surface area contributed by atoms with Gasteiger partial charge in [-0.2, -0.15) is 0 Å². The molecule has 0 atom stereocenters. The lowest BCUT2D eigenvalue weighted by molar-refractivity contribution is -0.129. The van der Waals surface area contributed by atoms with Gasteiger partial charge in [0.25, 0.3) is 0 Å². The summed E-state index contributed by atoms with van der Waals surface area (Å²) < 4.78 is 10.7. The Bertz CT molecular complexity index is 2650. The molecule has 282 valence electrons. The van der Waals surface area contributed by atoms with Crippen molar-refractivity contribution in [2.75, 3.05) is 9.80 Å². The van der Waals surface area contributed by atoms with Crippen LogP contribution < -0.4 is 19.3 Å². The van der Waals surface area contributed by atoms with Gasteiger partial charge in [0, 0.05) is 46.3 Å². The number of anilines is 6. The molecular weight excluding hydrogens is 717 g/mol. The van der Waals surface area contributed by atoms with E-state index < -0.39 is 11.9 Å². The summed E-state index contributed by atoms with van der Waals surface area (Å²) in [5, 5.41) is 3.97. The van der Waals surface area contributed by atoms with Crippen LogP contribution in [0.15, 0.2) is 195 Å². The first-order valence-electron chi connectivity index (χ1n) is 19.0. The average molecular weight is 757 g/mol. The zero-order chi connectivity index (χ0) is 40.2. The first-order valence-corrected chi connectivity index (χ1v) is 19.0. The van der Waals surface area contributed by atoms with E-state index in [1.807, 2.05) is 60.7 Å². The van der Waals surface area contributed by atoms with Crippen LogP contribution in [0.5, 0.6) is 11.5 Å². The maximum absolute atomic E-state index is 11.8. The Morgan fingerprint density at radius 3 is 1.19 bits per heavy atom. The summed E-state index contributed by atoms with van der Waals surface area (Å²) in [7, 11) is 0. The second kappa shape index (κ2) is 16.2. The lowest BCUT2D eigenvalue weighted by Crippen LogP contribution is -2.11. The van der Waals surface area contributed by atoms with E-state index in [-0.39, 0.29) is 0 Å². The highest BCUT2D eigenvalue weighted by molar-refractivity contribution is 5.93. The zero-order valence-electron chi connectivity index (χ0n) is 32.3. The molecule has 8 aromatic carbocycles. The molecule has 8 aromatic rings. The molecule has 0 aromatic heterocycles. The summed E-state index contributed by atoms with van der Waals surface area (Å²) in [5.41, 5.74) is 10.7. The van der Waals surface area contributed by atoms with E-state index in [1.165, 1.54) is 0 Å². The van der Waals surface area contributed by atoms with E-state index in [0.29, 0.717) is 11.5 Å². The third kappa shape index (κ3) is 7.72. The van der Waals surface area contributed by atoms with Gasteiger partial charge in [0.2, 0.25) is 0 Å². The van der Waals surface area contributed by atoms with Gasteiger partial charge in [-0.25, -0.2) is 9.59 Å². The number of hydrogen-bond donors (Lipinski definition) is 0. The molecule has 0 fully saturated rings. The van der Waals surface area contributed by atoms with Crippen molar-refractivity contribution in [1.29, 1.82) is 0 Å². The average Bonchev–Trinajstić information content (AvgIpc) is 3.25. The van der Waals surface area contributed by atoms with Crippen LogP contribution in [0.4, 0.5) is 34.1 Å². The minimum absolute atomic E-state index is 0.478. The summed E-state index contributed by atoms with van der Waals surface area (Å²) >= 11 is 0. The summed E-state index contributed by atoms with van der Waals surface area (Å²) in [6.07, 6.45) is 2.32. The van der Waals surface area contributed by atoms with Crippen LogP contribution in [-0.2, 0) is 9.59 Å². The molecule has 0 aliphatic carbocycles. The lowest BCUT2D eigenvalue weighted by atomic mass is 9.98. The number of rotatable bonds is 11. The van der Waals surface area contributed by atoms with Crippen LogP contribution in [0, 0.1) is 13.8 Å². The van der Waals surface area contributed by atoms with Crippen LogP contribution in [0.3, 0.4) is 0 Å². The molecule has 6 nitrogen and oxygen atoms in total. The predicted molar refractivity (Wildman–Crippen MR) is 237 cm³/mol. The highest BCUT2D eigenvalue weighted by atomic mass is 16.5. The van der Waals surface area contributed by atoms with Crippen molar-refractivity contribution < 1.29 is 19.1 Å². The molecule has 0 unspecified atom stereocenters. The van der Waals surface area contributed by atoms with Gasteiger partial charge in [-0.15, -0.1) is 0 Å².